The third-order valence-corrected chi connectivity index (χ3v) is 6.63. The number of urea groups is 1. The number of nitrogens with one attached hydrogen (secondary N) is 1. The summed E-state index contributed by atoms with van der Waals surface area (Å²) in [5, 5.41) is 7.76. The molecule has 0 bridgehead atoms. The Morgan fingerprint density at radius 3 is 2.61 bits per heavy atom. The van der Waals surface area contributed by atoms with Crippen molar-refractivity contribution in [2.45, 2.75) is 37.8 Å². The van der Waals surface area contributed by atoms with Gasteiger partial charge >= 0.3 is 6.03 Å². The van der Waals surface area contributed by atoms with Crippen LogP contribution in [0.3, 0.4) is 0 Å². The van der Waals surface area contributed by atoms with Gasteiger partial charge in [-0.05, 0) is 61.2 Å². The molecule has 1 aromatic heterocycles. The number of methoxy groups -OCH3 is 1. The number of hydrogen-bond donors (Lipinski definition) is 1. The third-order valence-electron chi connectivity index (χ3n) is 6.38. The third kappa shape index (κ3) is 4.30. The zero-order valence-corrected chi connectivity index (χ0v) is 18.8. The number of halogens is 1. The van der Waals surface area contributed by atoms with Gasteiger partial charge in [0.25, 0.3) is 0 Å². The Bertz CT molecular complexity index is 1160. The van der Waals surface area contributed by atoms with Crippen molar-refractivity contribution in [3.8, 4) is 17.1 Å². The van der Waals surface area contributed by atoms with Gasteiger partial charge in [-0.15, -0.1) is 0 Å². The van der Waals surface area contributed by atoms with Gasteiger partial charge in [-0.2, -0.15) is 4.98 Å². The molecule has 3 amide bonds. The van der Waals surface area contributed by atoms with Crippen LogP contribution >= 0.6 is 11.6 Å². The Labute approximate surface area is 195 Å². The fraction of sp³-hybridized carbons (Fsp3) is 0.333. The summed E-state index contributed by atoms with van der Waals surface area (Å²) in [6.07, 6.45) is 1.97. The van der Waals surface area contributed by atoms with Gasteiger partial charge in [-0.3, -0.25) is 9.69 Å². The van der Waals surface area contributed by atoms with E-state index in [9.17, 15) is 9.59 Å². The molecule has 3 unspecified atom stereocenters. The monoisotopic (exact) mass is 466 g/mol. The first-order valence-electron chi connectivity index (χ1n) is 10.9. The van der Waals surface area contributed by atoms with Crippen LogP contribution in [0.4, 0.5) is 4.79 Å². The van der Waals surface area contributed by atoms with Crippen molar-refractivity contribution in [3.63, 3.8) is 0 Å². The van der Waals surface area contributed by atoms with Crippen molar-refractivity contribution < 1.29 is 18.8 Å². The maximum atomic E-state index is 13.1. The molecule has 1 N–H and O–H groups in total. The molecule has 3 atom stereocenters. The van der Waals surface area contributed by atoms with Crippen molar-refractivity contribution >= 4 is 23.5 Å². The summed E-state index contributed by atoms with van der Waals surface area (Å²) in [4.78, 5) is 31.7. The van der Waals surface area contributed by atoms with Crippen LogP contribution in [0.2, 0.25) is 5.02 Å². The van der Waals surface area contributed by atoms with Crippen molar-refractivity contribution in [2.75, 3.05) is 7.11 Å². The van der Waals surface area contributed by atoms with E-state index in [1.165, 1.54) is 4.90 Å². The van der Waals surface area contributed by atoms with Crippen LogP contribution in [-0.2, 0) is 11.3 Å². The molecule has 5 rings (SSSR count). The molecule has 2 heterocycles. The number of nitrogens with zero attached hydrogens (tertiary/aromatic N) is 3. The second kappa shape index (κ2) is 8.86. The smallest absolute Gasteiger partial charge is 0.324 e. The molecule has 1 aliphatic carbocycles. The number of fused-ring (bicyclic) bond motifs is 1. The number of imide groups is 1. The zero-order valence-electron chi connectivity index (χ0n) is 18.0. The normalized spacial score (nSPS) is 22.6. The molecular formula is C24H23ClN4O4. The Hall–Kier alpha value is -3.39. The van der Waals surface area contributed by atoms with E-state index in [0.29, 0.717) is 29.6 Å². The minimum absolute atomic E-state index is 0.0129. The minimum Gasteiger partial charge on any atom is -0.497 e. The lowest BCUT2D eigenvalue weighted by Gasteiger charge is -2.41. The van der Waals surface area contributed by atoms with Crippen molar-refractivity contribution in [1.29, 1.82) is 0 Å². The number of ether oxygens (including phenoxy) is 1. The number of hydrogen-bond acceptors (Lipinski definition) is 6. The quantitative estimate of drug-likeness (QED) is 0.598. The van der Waals surface area contributed by atoms with Crippen LogP contribution < -0.4 is 10.1 Å². The standard InChI is InChI=1S/C24H23ClN4O4/c1-32-18-9-2-14(3-10-18)13-29-23(30)19-11-6-16(12-20(19)26-24(29)31)22-27-21(28-33-22)15-4-7-17(25)8-5-15/h2-5,7-10,16,19-20H,6,11-13H2,1H3,(H,26,31). The van der Waals surface area contributed by atoms with Crippen LogP contribution in [0.25, 0.3) is 11.4 Å². The van der Waals surface area contributed by atoms with Crippen LogP contribution in [0.15, 0.2) is 53.1 Å². The average Bonchev–Trinajstić information content (AvgIpc) is 3.32. The molecule has 2 fully saturated rings. The van der Waals surface area contributed by atoms with Gasteiger partial charge in [0.1, 0.15) is 5.75 Å². The lowest BCUT2D eigenvalue weighted by molar-refractivity contribution is -0.137. The summed E-state index contributed by atoms with van der Waals surface area (Å²) < 4.78 is 10.7. The zero-order chi connectivity index (χ0) is 22.9. The van der Waals surface area contributed by atoms with Crippen LogP contribution in [-0.4, -0.2) is 40.1 Å². The number of rotatable bonds is 5. The average molecular weight is 467 g/mol. The minimum atomic E-state index is -0.370. The molecule has 170 valence electrons. The summed E-state index contributed by atoms with van der Waals surface area (Å²) in [5.74, 6) is 1.35. The van der Waals surface area contributed by atoms with E-state index in [2.05, 4.69) is 15.5 Å². The first-order valence-corrected chi connectivity index (χ1v) is 11.2. The van der Waals surface area contributed by atoms with E-state index in [1.54, 1.807) is 19.2 Å². The number of amides is 3. The summed E-state index contributed by atoms with van der Waals surface area (Å²) in [6.45, 7) is 0.232. The summed E-state index contributed by atoms with van der Waals surface area (Å²) in [6, 6.07) is 14.0. The van der Waals surface area contributed by atoms with Gasteiger partial charge < -0.3 is 14.6 Å². The van der Waals surface area contributed by atoms with E-state index in [1.807, 2.05) is 36.4 Å². The number of carbonyl (C=O) groups excluding carboxylic acids is 2. The van der Waals surface area contributed by atoms with Crippen molar-refractivity contribution in [3.05, 3.63) is 65.0 Å². The van der Waals surface area contributed by atoms with Crippen molar-refractivity contribution in [1.82, 2.24) is 20.4 Å². The number of carbonyl (C=O) groups is 2. The SMILES string of the molecule is COc1ccc(CN2C(=O)NC3CC(c4nc(-c5ccc(Cl)cc5)no4)CCC3C2=O)cc1. The van der Waals surface area contributed by atoms with E-state index >= 15 is 0 Å². The summed E-state index contributed by atoms with van der Waals surface area (Å²) >= 11 is 5.95. The van der Waals surface area contributed by atoms with Crippen LogP contribution in [0.5, 0.6) is 5.75 Å². The topological polar surface area (TPSA) is 97.6 Å². The van der Waals surface area contributed by atoms with E-state index in [4.69, 9.17) is 20.9 Å². The highest BCUT2D eigenvalue weighted by Crippen LogP contribution is 2.38. The molecule has 0 radical (unpaired) electrons. The molecule has 0 spiro atoms. The molecule has 3 aromatic rings. The lowest BCUT2D eigenvalue weighted by atomic mass is 9.76. The highest BCUT2D eigenvalue weighted by Gasteiger charge is 2.45. The molecule has 1 aliphatic heterocycles. The molecule has 8 nitrogen and oxygen atoms in total. The van der Waals surface area contributed by atoms with E-state index in [-0.39, 0.29) is 36.4 Å². The molecule has 1 saturated carbocycles. The fourth-order valence-corrected chi connectivity index (χ4v) is 4.69. The van der Waals surface area contributed by atoms with E-state index in [0.717, 1.165) is 23.3 Å². The Kier molecular flexibility index (Phi) is 5.76. The van der Waals surface area contributed by atoms with Gasteiger partial charge in [-0.25, -0.2) is 4.79 Å². The van der Waals surface area contributed by atoms with Crippen molar-refractivity contribution in [2.24, 2.45) is 5.92 Å². The summed E-state index contributed by atoms with van der Waals surface area (Å²) in [7, 11) is 1.60. The maximum absolute atomic E-state index is 13.1. The first-order chi connectivity index (χ1) is 16.0. The number of benzene rings is 2. The predicted molar refractivity (Wildman–Crippen MR) is 121 cm³/mol. The Morgan fingerprint density at radius 2 is 1.88 bits per heavy atom. The predicted octanol–water partition coefficient (Wildman–Crippen LogP) is 4.40. The van der Waals surface area contributed by atoms with Gasteiger partial charge in [0.2, 0.25) is 17.6 Å². The second-order valence-corrected chi connectivity index (χ2v) is 8.84. The largest absolute Gasteiger partial charge is 0.497 e. The van der Waals surface area contributed by atoms with Crippen LogP contribution in [0.1, 0.15) is 36.6 Å². The highest BCUT2D eigenvalue weighted by atomic mass is 35.5. The Balaban J connectivity index is 1.26. The highest BCUT2D eigenvalue weighted by molar-refractivity contribution is 6.30. The number of aromatic nitrogens is 2. The van der Waals surface area contributed by atoms with E-state index < -0.39 is 0 Å². The molecule has 1 saturated heterocycles. The molecule has 2 aromatic carbocycles. The summed E-state index contributed by atoms with van der Waals surface area (Å²) in [5.41, 5.74) is 1.69. The van der Waals surface area contributed by atoms with Crippen LogP contribution in [0, 0.1) is 5.92 Å². The first kappa shape index (κ1) is 21.5. The molecule has 33 heavy (non-hydrogen) atoms. The molecule has 2 aliphatic rings. The second-order valence-electron chi connectivity index (χ2n) is 8.41. The lowest BCUT2D eigenvalue weighted by Crippen LogP contribution is -2.60. The maximum Gasteiger partial charge on any atom is 0.324 e. The Morgan fingerprint density at radius 1 is 1.12 bits per heavy atom. The fourth-order valence-electron chi connectivity index (χ4n) is 4.57. The van der Waals surface area contributed by atoms with Gasteiger partial charge in [0, 0.05) is 22.5 Å². The van der Waals surface area contributed by atoms with Gasteiger partial charge in [0.15, 0.2) is 0 Å². The molecular weight excluding hydrogens is 444 g/mol. The van der Waals surface area contributed by atoms with Gasteiger partial charge in [-0.1, -0.05) is 28.9 Å². The van der Waals surface area contributed by atoms with Gasteiger partial charge in [0.05, 0.1) is 19.6 Å². The molecule has 9 heteroatoms.